The zero-order valence-electron chi connectivity index (χ0n) is 12.8. The number of nitrogen functional groups attached to an aromatic ring is 1. The Morgan fingerprint density at radius 2 is 2.10 bits per heavy atom. The summed E-state index contributed by atoms with van der Waals surface area (Å²) in [5.74, 6) is 6.52. The Labute approximate surface area is 125 Å². The first-order chi connectivity index (χ1) is 10.0. The minimum Gasteiger partial charge on any atom is -0.340 e. The molecule has 1 heterocycles. The standard InChI is InChI=1S/C16H22N4O/c1-11(2)8-9-20(3)16(21)14-10-12-6-4-5-7-13(12)15(18-14)19-17/h4-7,10-11H,8-9,17H2,1-3H3,(H,18,19). The SMILES string of the molecule is CC(C)CCN(C)C(=O)c1cc2ccccc2c(NN)n1. The lowest BCUT2D eigenvalue weighted by Gasteiger charge is -2.18. The highest BCUT2D eigenvalue weighted by molar-refractivity contribution is 6.00. The van der Waals surface area contributed by atoms with Gasteiger partial charge in [-0.25, -0.2) is 10.8 Å². The van der Waals surface area contributed by atoms with Gasteiger partial charge in [0.05, 0.1) is 0 Å². The van der Waals surface area contributed by atoms with Crippen LogP contribution in [0, 0.1) is 5.92 Å². The predicted molar refractivity (Wildman–Crippen MR) is 86.0 cm³/mol. The van der Waals surface area contributed by atoms with Crippen LogP contribution in [0.1, 0.15) is 30.8 Å². The zero-order chi connectivity index (χ0) is 15.4. The molecular formula is C16H22N4O. The van der Waals surface area contributed by atoms with Gasteiger partial charge >= 0.3 is 0 Å². The average molecular weight is 286 g/mol. The lowest BCUT2D eigenvalue weighted by molar-refractivity contribution is 0.0784. The number of benzene rings is 1. The van der Waals surface area contributed by atoms with Crippen LogP contribution in [0.4, 0.5) is 5.82 Å². The summed E-state index contributed by atoms with van der Waals surface area (Å²) in [5.41, 5.74) is 2.98. The van der Waals surface area contributed by atoms with Gasteiger partial charge in [0, 0.05) is 19.0 Å². The van der Waals surface area contributed by atoms with Crippen LogP contribution in [0.2, 0.25) is 0 Å². The largest absolute Gasteiger partial charge is 0.340 e. The molecule has 2 rings (SSSR count). The molecule has 1 amide bonds. The second-order valence-corrected chi connectivity index (χ2v) is 5.63. The Balaban J connectivity index is 2.31. The van der Waals surface area contributed by atoms with Crippen LogP contribution in [0.3, 0.4) is 0 Å². The molecule has 5 nitrogen and oxygen atoms in total. The van der Waals surface area contributed by atoms with Gasteiger partial charge in [0.25, 0.3) is 5.91 Å². The zero-order valence-corrected chi connectivity index (χ0v) is 12.8. The van der Waals surface area contributed by atoms with Crippen LogP contribution in [0.25, 0.3) is 10.8 Å². The minimum atomic E-state index is -0.0853. The summed E-state index contributed by atoms with van der Waals surface area (Å²) < 4.78 is 0. The normalized spacial score (nSPS) is 10.9. The van der Waals surface area contributed by atoms with E-state index in [0.717, 1.165) is 23.7 Å². The molecule has 5 heteroatoms. The maximum absolute atomic E-state index is 12.5. The van der Waals surface area contributed by atoms with Crippen molar-refractivity contribution in [2.45, 2.75) is 20.3 Å². The van der Waals surface area contributed by atoms with Crippen molar-refractivity contribution in [3.05, 3.63) is 36.0 Å². The third-order valence-electron chi connectivity index (χ3n) is 3.48. The molecule has 0 aliphatic heterocycles. The molecule has 0 aliphatic carbocycles. The summed E-state index contributed by atoms with van der Waals surface area (Å²) in [6.07, 6.45) is 0.970. The van der Waals surface area contributed by atoms with Gasteiger partial charge in [-0.1, -0.05) is 38.1 Å². The maximum Gasteiger partial charge on any atom is 0.272 e. The number of pyridine rings is 1. The number of carbonyl (C=O) groups is 1. The molecule has 0 fully saturated rings. The van der Waals surface area contributed by atoms with E-state index in [1.54, 1.807) is 11.9 Å². The van der Waals surface area contributed by atoms with Crippen LogP contribution >= 0.6 is 0 Å². The Kier molecular flexibility index (Phi) is 4.75. The minimum absolute atomic E-state index is 0.0853. The Morgan fingerprint density at radius 3 is 2.76 bits per heavy atom. The second kappa shape index (κ2) is 6.54. The molecule has 0 bridgehead atoms. The van der Waals surface area contributed by atoms with Crippen molar-refractivity contribution in [1.82, 2.24) is 9.88 Å². The summed E-state index contributed by atoms with van der Waals surface area (Å²) >= 11 is 0. The number of nitrogens with two attached hydrogens (primary N) is 1. The van der Waals surface area contributed by atoms with Gasteiger partial charge in [0.15, 0.2) is 0 Å². The number of hydrogen-bond acceptors (Lipinski definition) is 4. The molecule has 0 saturated carbocycles. The molecule has 0 saturated heterocycles. The molecule has 0 aliphatic rings. The number of carbonyl (C=O) groups excluding carboxylic acids is 1. The highest BCUT2D eigenvalue weighted by atomic mass is 16.2. The van der Waals surface area contributed by atoms with E-state index in [1.807, 2.05) is 30.3 Å². The molecule has 0 unspecified atom stereocenters. The number of hydrogen-bond donors (Lipinski definition) is 2. The highest BCUT2D eigenvalue weighted by Gasteiger charge is 2.16. The van der Waals surface area contributed by atoms with Crippen LogP contribution in [-0.2, 0) is 0 Å². The van der Waals surface area contributed by atoms with Gasteiger partial charge in [-0.2, -0.15) is 0 Å². The van der Waals surface area contributed by atoms with Gasteiger partial charge in [-0.15, -0.1) is 0 Å². The van der Waals surface area contributed by atoms with E-state index in [9.17, 15) is 4.79 Å². The molecule has 1 aromatic heterocycles. The van der Waals surface area contributed by atoms with Crippen LogP contribution in [-0.4, -0.2) is 29.4 Å². The number of anilines is 1. The molecule has 0 atom stereocenters. The van der Waals surface area contributed by atoms with E-state index in [0.29, 0.717) is 17.4 Å². The molecule has 0 spiro atoms. The summed E-state index contributed by atoms with van der Waals surface area (Å²) in [4.78, 5) is 18.5. The van der Waals surface area contributed by atoms with E-state index in [-0.39, 0.29) is 5.91 Å². The fourth-order valence-corrected chi connectivity index (χ4v) is 2.17. The van der Waals surface area contributed by atoms with E-state index >= 15 is 0 Å². The summed E-state index contributed by atoms with van der Waals surface area (Å²) in [5, 5.41) is 1.85. The molecule has 0 radical (unpaired) electrons. The van der Waals surface area contributed by atoms with Crippen LogP contribution < -0.4 is 11.3 Å². The van der Waals surface area contributed by atoms with Crippen molar-refractivity contribution >= 4 is 22.5 Å². The number of hydrazine groups is 1. The number of rotatable bonds is 5. The summed E-state index contributed by atoms with van der Waals surface area (Å²) in [6, 6.07) is 9.53. The molecular weight excluding hydrogens is 264 g/mol. The van der Waals surface area contributed by atoms with E-state index in [1.165, 1.54) is 0 Å². The Morgan fingerprint density at radius 1 is 1.38 bits per heavy atom. The number of nitrogens with zero attached hydrogens (tertiary/aromatic N) is 2. The summed E-state index contributed by atoms with van der Waals surface area (Å²) in [7, 11) is 1.80. The predicted octanol–water partition coefficient (Wildman–Crippen LogP) is 2.64. The smallest absolute Gasteiger partial charge is 0.272 e. The van der Waals surface area contributed by atoms with Gasteiger partial charge in [0.1, 0.15) is 11.5 Å². The topological polar surface area (TPSA) is 71.2 Å². The molecule has 21 heavy (non-hydrogen) atoms. The van der Waals surface area contributed by atoms with E-state index < -0.39 is 0 Å². The number of nitrogens with one attached hydrogen (secondary N) is 1. The average Bonchev–Trinajstić information content (AvgIpc) is 2.50. The van der Waals surface area contributed by atoms with Gasteiger partial charge < -0.3 is 10.3 Å². The molecule has 112 valence electrons. The second-order valence-electron chi connectivity index (χ2n) is 5.63. The lowest BCUT2D eigenvalue weighted by atomic mass is 10.1. The van der Waals surface area contributed by atoms with Crippen molar-refractivity contribution in [1.29, 1.82) is 0 Å². The van der Waals surface area contributed by atoms with Crippen molar-refractivity contribution in [2.24, 2.45) is 11.8 Å². The van der Waals surface area contributed by atoms with Gasteiger partial charge in [-0.3, -0.25) is 4.79 Å². The molecule has 2 aromatic rings. The van der Waals surface area contributed by atoms with Crippen molar-refractivity contribution in [3.8, 4) is 0 Å². The maximum atomic E-state index is 12.5. The Hall–Kier alpha value is -2.14. The highest BCUT2D eigenvalue weighted by Crippen LogP contribution is 2.22. The first-order valence-electron chi connectivity index (χ1n) is 7.14. The molecule has 3 N–H and O–H groups in total. The van der Waals surface area contributed by atoms with Gasteiger partial charge in [0.2, 0.25) is 0 Å². The van der Waals surface area contributed by atoms with Gasteiger partial charge in [-0.05, 0) is 23.8 Å². The third-order valence-corrected chi connectivity index (χ3v) is 3.48. The first-order valence-corrected chi connectivity index (χ1v) is 7.14. The lowest BCUT2D eigenvalue weighted by Crippen LogP contribution is -2.29. The van der Waals surface area contributed by atoms with Crippen molar-refractivity contribution in [2.75, 3.05) is 19.0 Å². The van der Waals surface area contributed by atoms with Crippen LogP contribution in [0.5, 0.6) is 0 Å². The first kappa shape index (κ1) is 15.3. The van der Waals surface area contributed by atoms with E-state index in [4.69, 9.17) is 5.84 Å². The van der Waals surface area contributed by atoms with Crippen LogP contribution in [0.15, 0.2) is 30.3 Å². The van der Waals surface area contributed by atoms with Crippen molar-refractivity contribution in [3.63, 3.8) is 0 Å². The quantitative estimate of drug-likeness (QED) is 0.655. The van der Waals surface area contributed by atoms with E-state index in [2.05, 4.69) is 24.3 Å². The monoisotopic (exact) mass is 286 g/mol. The fraction of sp³-hybridized carbons (Fsp3) is 0.375. The molecule has 1 aromatic carbocycles. The number of fused-ring (bicyclic) bond motifs is 1. The third kappa shape index (κ3) is 3.49. The van der Waals surface area contributed by atoms with Crippen molar-refractivity contribution < 1.29 is 4.79 Å². The Bertz CT molecular complexity index is 639. The summed E-state index contributed by atoms with van der Waals surface area (Å²) in [6.45, 7) is 5.00. The number of aromatic nitrogens is 1. The number of amides is 1. The fourth-order valence-electron chi connectivity index (χ4n) is 2.17.